The maximum Gasteiger partial charge on any atom is 0.119 e. The van der Waals surface area contributed by atoms with Gasteiger partial charge in [0.15, 0.2) is 0 Å². The molecule has 1 aromatic rings. The average molecular weight is 358 g/mol. The number of thioether (sulfide) groups is 1. The molecule has 1 aliphatic carbocycles. The number of halogens is 1. The van der Waals surface area contributed by atoms with Crippen molar-refractivity contribution in [3.8, 4) is 5.75 Å². The predicted octanol–water partition coefficient (Wildman–Crippen LogP) is 4.48. The molecule has 0 radical (unpaired) electrons. The molecular weight excluding hydrogens is 334 g/mol. The molecule has 0 aliphatic heterocycles. The highest BCUT2D eigenvalue weighted by molar-refractivity contribution is 9.10. The second-order valence-corrected chi connectivity index (χ2v) is 7.62. The first-order chi connectivity index (χ1) is 9.74. The van der Waals surface area contributed by atoms with Gasteiger partial charge in [-0.15, -0.1) is 0 Å². The number of benzene rings is 1. The quantitative estimate of drug-likeness (QED) is 0.726. The molecule has 0 spiro atoms. The van der Waals surface area contributed by atoms with E-state index in [0.29, 0.717) is 4.75 Å². The van der Waals surface area contributed by atoms with Crippen LogP contribution in [0.4, 0.5) is 0 Å². The fraction of sp³-hybridized carbons (Fsp3) is 0.625. The van der Waals surface area contributed by atoms with E-state index in [0.717, 1.165) is 29.9 Å². The predicted molar refractivity (Wildman–Crippen MR) is 91.8 cm³/mol. The van der Waals surface area contributed by atoms with Crippen molar-refractivity contribution in [3.63, 3.8) is 0 Å². The van der Waals surface area contributed by atoms with Crippen LogP contribution >= 0.6 is 27.7 Å². The van der Waals surface area contributed by atoms with Crippen LogP contribution in [-0.4, -0.2) is 30.7 Å². The Kier molecular flexibility index (Phi) is 6.72. The van der Waals surface area contributed by atoms with Crippen molar-refractivity contribution < 1.29 is 4.74 Å². The van der Waals surface area contributed by atoms with Gasteiger partial charge in [-0.2, -0.15) is 11.8 Å². The van der Waals surface area contributed by atoms with Crippen molar-refractivity contribution >= 4 is 27.7 Å². The minimum absolute atomic E-state index is 0.468. The minimum Gasteiger partial charge on any atom is -0.492 e. The normalized spacial score (nSPS) is 17.9. The standard InChI is InChI=1S/C16H24BrNOS/c1-20-16(9-3-2-4-10-16)13-18-11-12-19-15-7-5-14(17)6-8-15/h5-8,18H,2-4,9-13H2,1H3. The van der Waals surface area contributed by atoms with Gasteiger partial charge in [-0.25, -0.2) is 0 Å². The van der Waals surface area contributed by atoms with Crippen molar-refractivity contribution in [2.45, 2.75) is 36.9 Å². The zero-order chi connectivity index (χ0) is 14.3. The molecule has 0 unspecified atom stereocenters. The largest absolute Gasteiger partial charge is 0.492 e. The van der Waals surface area contributed by atoms with Gasteiger partial charge in [-0.05, 0) is 43.4 Å². The molecule has 0 bridgehead atoms. The second kappa shape index (κ2) is 8.30. The first kappa shape index (κ1) is 16.2. The van der Waals surface area contributed by atoms with Gasteiger partial charge >= 0.3 is 0 Å². The Bertz CT molecular complexity index is 390. The van der Waals surface area contributed by atoms with Crippen molar-refractivity contribution in [3.05, 3.63) is 28.7 Å². The second-order valence-electron chi connectivity index (χ2n) is 5.43. The molecule has 1 fully saturated rings. The van der Waals surface area contributed by atoms with Gasteiger partial charge in [0, 0.05) is 22.3 Å². The zero-order valence-corrected chi connectivity index (χ0v) is 14.6. The summed E-state index contributed by atoms with van der Waals surface area (Å²) in [6, 6.07) is 8.00. The Hall–Kier alpha value is -0.190. The van der Waals surface area contributed by atoms with E-state index >= 15 is 0 Å². The summed E-state index contributed by atoms with van der Waals surface area (Å²) >= 11 is 5.47. The summed E-state index contributed by atoms with van der Waals surface area (Å²) in [5.74, 6) is 0.937. The molecule has 0 aromatic heterocycles. The van der Waals surface area contributed by atoms with Gasteiger partial charge in [0.1, 0.15) is 12.4 Å². The Labute approximate surface area is 135 Å². The molecular formula is C16H24BrNOS. The monoisotopic (exact) mass is 357 g/mol. The SMILES string of the molecule is CSC1(CNCCOc2ccc(Br)cc2)CCCCC1. The van der Waals surface area contributed by atoms with Crippen LogP contribution in [0.3, 0.4) is 0 Å². The molecule has 0 atom stereocenters. The van der Waals surface area contributed by atoms with E-state index in [4.69, 9.17) is 4.74 Å². The zero-order valence-electron chi connectivity index (χ0n) is 12.2. The van der Waals surface area contributed by atoms with Gasteiger partial charge < -0.3 is 10.1 Å². The third-order valence-electron chi connectivity index (χ3n) is 4.01. The van der Waals surface area contributed by atoms with E-state index in [-0.39, 0.29) is 0 Å². The van der Waals surface area contributed by atoms with E-state index in [1.165, 1.54) is 32.1 Å². The van der Waals surface area contributed by atoms with Crippen LogP contribution < -0.4 is 10.1 Å². The molecule has 1 saturated carbocycles. The third kappa shape index (κ3) is 4.97. The van der Waals surface area contributed by atoms with Crippen molar-refractivity contribution in [1.29, 1.82) is 0 Å². The summed E-state index contributed by atoms with van der Waals surface area (Å²) in [5, 5.41) is 3.57. The Morgan fingerprint density at radius 2 is 1.90 bits per heavy atom. The van der Waals surface area contributed by atoms with Crippen LogP contribution in [0.15, 0.2) is 28.7 Å². The Balaban J connectivity index is 1.64. The summed E-state index contributed by atoms with van der Waals surface area (Å²) in [4.78, 5) is 0. The van der Waals surface area contributed by atoms with Crippen LogP contribution in [0.1, 0.15) is 32.1 Å². The van der Waals surface area contributed by atoms with Crippen molar-refractivity contribution in [2.24, 2.45) is 0 Å². The van der Waals surface area contributed by atoms with Crippen LogP contribution in [0.2, 0.25) is 0 Å². The van der Waals surface area contributed by atoms with Gasteiger partial charge in [-0.3, -0.25) is 0 Å². The molecule has 4 heteroatoms. The number of hydrogen-bond donors (Lipinski definition) is 1. The summed E-state index contributed by atoms with van der Waals surface area (Å²) in [6.07, 6.45) is 9.15. The number of hydrogen-bond acceptors (Lipinski definition) is 3. The molecule has 0 amide bonds. The lowest BCUT2D eigenvalue weighted by molar-refractivity contribution is 0.303. The van der Waals surface area contributed by atoms with E-state index in [1.807, 2.05) is 36.0 Å². The smallest absolute Gasteiger partial charge is 0.119 e. The fourth-order valence-electron chi connectivity index (χ4n) is 2.74. The maximum atomic E-state index is 5.73. The summed E-state index contributed by atoms with van der Waals surface area (Å²) < 4.78 is 7.28. The highest BCUT2D eigenvalue weighted by Gasteiger charge is 2.30. The first-order valence-corrected chi connectivity index (χ1v) is 9.40. The maximum absolute atomic E-state index is 5.73. The van der Waals surface area contributed by atoms with Gasteiger partial charge in [-0.1, -0.05) is 35.2 Å². The van der Waals surface area contributed by atoms with Crippen LogP contribution in [0.5, 0.6) is 5.75 Å². The summed E-state index contributed by atoms with van der Waals surface area (Å²) in [5.41, 5.74) is 0. The van der Waals surface area contributed by atoms with Gasteiger partial charge in [0.05, 0.1) is 0 Å². The van der Waals surface area contributed by atoms with Gasteiger partial charge in [0.2, 0.25) is 0 Å². The molecule has 1 N–H and O–H groups in total. The lowest BCUT2D eigenvalue weighted by Crippen LogP contribution is -2.40. The molecule has 0 saturated heterocycles. The van der Waals surface area contributed by atoms with E-state index in [9.17, 15) is 0 Å². The Morgan fingerprint density at radius 1 is 1.20 bits per heavy atom. The highest BCUT2D eigenvalue weighted by atomic mass is 79.9. The molecule has 2 rings (SSSR count). The molecule has 1 aliphatic rings. The van der Waals surface area contributed by atoms with Crippen LogP contribution in [0, 0.1) is 0 Å². The summed E-state index contributed by atoms with van der Waals surface area (Å²) in [7, 11) is 0. The van der Waals surface area contributed by atoms with Crippen LogP contribution in [0.25, 0.3) is 0 Å². The molecule has 0 heterocycles. The van der Waals surface area contributed by atoms with E-state index < -0.39 is 0 Å². The van der Waals surface area contributed by atoms with Crippen LogP contribution in [-0.2, 0) is 0 Å². The molecule has 112 valence electrons. The number of rotatable bonds is 7. The first-order valence-electron chi connectivity index (χ1n) is 7.38. The van der Waals surface area contributed by atoms with Crippen molar-refractivity contribution in [2.75, 3.05) is 26.0 Å². The van der Waals surface area contributed by atoms with Crippen molar-refractivity contribution in [1.82, 2.24) is 5.32 Å². The van der Waals surface area contributed by atoms with E-state index in [1.54, 1.807) is 0 Å². The Morgan fingerprint density at radius 3 is 2.55 bits per heavy atom. The minimum atomic E-state index is 0.468. The number of ether oxygens (including phenoxy) is 1. The summed E-state index contributed by atoms with van der Waals surface area (Å²) in [6.45, 7) is 2.75. The van der Waals surface area contributed by atoms with E-state index in [2.05, 4.69) is 27.5 Å². The average Bonchev–Trinajstić information content (AvgIpc) is 2.50. The number of nitrogens with one attached hydrogen (secondary N) is 1. The fourth-order valence-corrected chi connectivity index (χ4v) is 3.94. The molecule has 1 aromatic carbocycles. The topological polar surface area (TPSA) is 21.3 Å². The lowest BCUT2D eigenvalue weighted by atomic mass is 9.88. The third-order valence-corrected chi connectivity index (χ3v) is 5.95. The highest BCUT2D eigenvalue weighted by Crippen LogP contribution is 2.37. The lowest BCUT2D eigenvalue weighted by Gasteiger charge is -2.36. The molecule has 20 heavy (non-hydrogen) atoms. The molecule has 2 nitrogen and oxygen atoms in total. The van der Waals surface area contributed by atoms with Gasteiger partial charge in [0.25, 0.3) is 0 Å².